The summed E-state index contributed by atoms with van der Waals surface area (Å²) in [6.45, 7) is 0.771. The van der Waals surface area contributed by atoms with Crippen molar-refractivity contribution in [1.82, 2.24) is 4.90 Å². The van der Waals surface area contributed by atoms with Gasteiger partial charge in [0.25, 0.3) is 5.91 Å². The molecular formula is C14H16Br3NO. The number of rotatable bonds is 4. The van der Waals surface area contributed by atoms with Gasteiger partial charge in [0.2, 0.25) is 0 Å². The Bertz CT molecular complexity index is 438. The Balaban J connectivity index is 2.22. The first-order valence-corrected chi connectivity index (χ1v) is 9.15. The fourth-order valence-electron chi connectivity index (χ4n) is 2.60. The van der Waals surface area contributed by atoms with Crippen LogP contribution in [0.1, 0.15) is 36.0 Å². The molecule has 1 aromatic rings. The molecule has 0 saturated heterocycles. The van der Waals surface area contributed by atoms with E-state index in [1.807, 2.05) is 23.1 Å². The number of nitrogens with zero attached hydrogens (tertiary/aromatic N) is 1. The first kappa shape index (κ1) is 15.5. The van der Waals surface area contributed by atoms with E-state index in [0.29, 0.717) is 6.04 Å². The maximum Gasteiger partial charge on any atom is 0.254 e. The molecule has 0 atom stereocenters. The minimum atomic E-state index is 0.133. The molecule has 1 aliphatic rings. The lowest BCUT2D eigenvalue weighted by Gasteiger charge is -2.28. The molecule has 2 nitrogen and oxygen atoms in total. The van der Waals surface area contributed by atoms with E-state index in [9.17, 15) is 4.79 Å². The Labute approximate surface area is 139 Å². The van der Waals surface area contributed by atoms with Crippen LogP contribution in [0, 0.1) is 0 Å². The first-order chi connectivity index (χ1) is 9.11. The van der Waals surface area contributed by atoms with Crippen LogP contribution in [-0.4, -0.2) is 28.7 Å². The van der Waals surface area contributed by atoms with E-state index in [4.69, 9.17) is 0 Å². The Kier molecular flexibility index (Phi) is 5.90. The molecule has 1 fully saturated rings. The van der Waals surface area contributed by atoms with Gasteiger partial charge in [-0.15, -0.1) is 0 Å². The third kappa shape index (κ3) is 4.05. The molecule has 0 N–H and O–H groups in total. The van der Waals surface area contributed by atoms with Gasteiger partial charge in [-0.05, 0) is 31.0 Å². The molecule has 0 unspecified atom stereocenters. The van der Waals surface area contributed by atoms with Crippen molar-refractivity contribution in [2.45, 2.75) is 31.7 Å². The van der Waals surface area contributed by atoms with Gasteiger partial charge < -0.3 is 4.90 Å². The van der Waals surface area contributed by atoms with E-state index in [1.54, 1.807) is 0 Å². The monoisotopic (exact) mass is 451 g/mol. The Hall–Kier alpha value is 0.130. The number of carbonyl (C=O) groups is 1. The van der Waals surface area contributed by atoms with Crippen molar-refractivity contribution in [3.05, 3.63) is 32.7 Å². The number of carbonyl (C=O) groups excluding carboxylic acids is 1. The number of hydrogen-bond donors (Lipinski definition) is 0. The average molecular weight is 454 g/mol. The molecule has 2 rings (SSSR count). The van der Waals surface area contributed by atoms with Crippen molar-refractivity contribution in [2.75, 3.05) is 11.9 Å². The highest BCUT2D eigenvalue weighted by Crippen LogP contribution is 2.27. The van der Waals surface area contributed by atoms with Gasteiger partial charge in [0.05, 0.1) is 0 Å². The van der Waals surface area contributed by atoms with Crippen molar-refractivity contribution < 1.29 is 4.79 Å². The largest absolute Gasteiger partial charge is 0.335 e. The van der Waals surface area contributed by atoms with Crippen LogP contribution in [0.4, 0.5) is 0 Å². The Morgan fingerprint density at radius 3 is 2.26 bits per heavy atom. The maximum absolute atomic E-state index is 12.7. The molecule has 0 aromatic heterocycles. The van der Waals surface area contributed by atoms with Crippen molar-refractivity contribution in [3.63, 3.8) is 0 Å². The summed E-state index contributed by atoms with van der Waals surface area (Å²) in [6, 6.07) is 6.14. The summed E-state index contributed by atoms with van der Waals surface area (Å²) in [5.74, 6) is 0.133. The molecule has 104 valence electrons. The van der Waals surface area contributed by atoms with E-state index in [2.05, 4.69) is 47.8 Å². The van der Waals surface area contributed by atoms with Crippen LogP contribution in [0.3, 0.4) is 0 Å². The summed E-state index contributed by atoms with van der Waals surface area (Å²) in [5, 5.41) is 0.824. The first-order valence-electron chi connectivity index (χ1n) is 6.45. The van der Waals surface area contributed by atoms with E-state index >= 15 is 0 Å². The lowest BCUT2D eigenvalue weighted by molar-refractivity contribution is 0.0696. The molecule has 1 saturated carbocycles. The van der Waals surface area contributed by atoms with Gasteiger partial charge in [-0.3, -0.25) is 4.79 Å². The summed E-state index contributed by atoms with van der Waals surface area (Å²) in [4.78, 5) is 14.7. The predicted molar refractivity (Wildman–Crippen MR) is 88.9 cm³/mol. The van der Waals surface area contributed by atoms with Gasteiger partial charge in [0.1, 0.15) is 0 Å². The average Bonchev–Trinajstić information content (AvgIpc) is 2.87. The summed E-state index contributed by atoms with van der Waals surface area (Å²) >= 11 is 10.3. The second-order valence-corrected chi connectivity index (χ2v) is 7.41. The van der Waals surface area contributed by atoms with Crippen molar-refractivity contribution in [3.8, 4) is 0 Å². The van der Waals surface area contributed by atoms with Crippen molar-refractivity contribution >= 4 is 53.7 Å². The summed E-state index contributed by atoms with van der Waals surface area (Å²) < 4.78 is 1.85. The van der Waals surface area contributed by atoms with Crippen LogP contribution in [0.25, 0.3) is 0 Å². The van der Waals surface area contributed by atoms with Crippen LogP contribution < -0.4 is 0 Å². The third-order valence-corrected chi connectivity index (χ3v) is 4.73. The minimum absolute atomic E-state index is 0.133. The fourth-order valence-corrected chi connectivity index (χ4v) is 4.28. The molecule has 19 heavy (non-hydrogen) atoms. The molecule has 0 spiro atoms. The number of alkyl halides is 1. The quantitative estimate of drug-likeness (QED) is 0.588. The van der Waals surface area contributed by atoms with E-state index in [-0.39, 0.29) is 5.91 Å². The second-order valence-electron chi connectivity index (χ2n) is 4.78. The zero-order valence-electron chi connectivity index (χ0n) is 10.5. The zero-order chi connectivity index (χ0) is 13.8. The standard InChI is InChI=1S/C14H16Br3NO/c15-5-6-18(13-3-1-2-4-13)14(19)10-7-11(16)9-12(17)8-10/h7-9,13H,1-6H2. The van der Waals surface area contributed by atoms with E-state index in [1.165, 1.54) is 12.8 Å². The fraction of sp³-hybridized carbons (Fsp3) is 0.500. The highest BCUT2D eigenvalue weighted by atomic mass is 79.9. The zero-order valence-corrected chi connectivity index (χ0v) is 15.3. The van der Waals surface area contributed by atoms with Gasteiger partial charge in [-0.2, -0.15) is 0 Å². The van der Waals surface area contributed by atoms with Gasteiger partial charge in [-0.1, -0.05) is 60.6 Å². The van der Waals surface area contributed by atoms with E-state index < -0.39 is 0 Å². The van der Waals surface area contributed by atoms with Crippen molar-refractivity contribution in [1.29, 1.82) is 0 Å². The summed E-state index contributed by atoms with van der Waals surface area (Å²) in [6.07, 6.45) is 4.74. The number of hydrogen-bond acceptors (Lipinski definition) is 1. The molecule has 0 radical (unpaired) electrons. The normalized spacial score (nSPS) is 15.7. The third-order valence-electron chi connectivity index (χ3n) is 3.46. The van der Waals surface area contributed by atoms with Crippen LogP contribution >= 0.6 is 47.8 Å². The maximum atomic E-state index is 12.7. The molecular weight excluding hydrogens is 438 g/mol. The predicted octanol–water partition coefficient (Wildman–Crippen LogP) is 4.99. The Morgan fingerprint density at radius 2 is 1.74 bits per heavy atom. The molecule has 0 heterocycles. The molecule has 0 aliphatic heterocycles. The summed E-state index contributed by atoms with van der Waals surface area (Å²) in [7, 11) is 0. The lowest BCUT2D eigenvalue weighted by Crippen LogP contribution is -2.40. The highest BCUT2D eigenvalue weighted by Gasteiger charge is 2.27. The SMILES string of the molecule is O=C(c1cc(Br)cc(Br)c1)N(CCBr)C1CCCC1. The molecule has 1 amide bonds. The van der Waals surface area contributed by atoms with Gasteiger partial charge in [0.15, 0.2) is 0 Å². The van der Waals surface area contributed by atoms with Gasteiger partial charge in [0, 0.05) is 32.4 Å². The van der Waals surface area contributed by atoms with Crippen molar-refractivity contribution in [2.24, 2.45) is 0 Å². The van der Waals surface area contributed by atoms with Crippen LogP contribution in [0.2, 0.25) is 0 Å². The number of amides is 1. The number of halogens is 3. The minimum Gasteiger partial charge on any atom is -0.335 e. The van der Waals surface area contributed by atoms with E-state index in [0.717, 1.165) is 39.2 Å². The molecule has 0 bridgehead atoms. The smallest absolute Gasteiger partial charge is 0.254 e. The number of benzene rings is 1. The van der Waals surface area contributed by atoms with Crippen LogP contribution in [0.15, 0.2) is 27.1 Å². The van der Waals surface area contributed by atoms with Crippen LogP contribution in [-0.2, 0) is 0 Å². The Morgan fingerprint density at radius 1 is 1.16 bits per heavy atom. The topological polar surface area (TPSA) is 20.3 Å². The highest BCUT2D eigenvalue weighted by molar-refractivity contribution is 9.11. The van der Waals surface area contributed by atoms with Gasteiger partial charge >= 0.3 is 0 Å². The molecule has 1 aliphatic carbocycles. The second kappa shape index (κ2) is 7.23. The molecule has 1 aromatic carbocycles. The lowest BCUT2D eigenvalue weighted by atomic mass is 10.1. The van der Waals surface area contributed by atoms with Crippen LogP contribution in [0.5, 0.6) is 0 Å². The van der Waals surface area contributed by atoms with Gasteiger partial charge in [-0.25, -0.2) is 0 Å². The summed E-state index contributed by atoms with van der Waals surface area (Å²) in [5.41, 5.74) is 0.745. The molecule has 5 heteroatoms.